The number of hydrogen-bond donors (Lipinski definition) is 1. The molecule has 2 bridgehead atoms. The van der Waals surface area contributed by atoms with Crippen LogP contribution in [0.15, 0.2) is 41.7 Å². The van der Waals surface area contributed by atoms with Crippen LogP contribution in [0.4, 0.5) is 0 Å². The van der Waals surface area contributed by atoms with E-state index in [1.807, 2.05) is 0 Å². The average molecular weight is 393 g/mol. The topological polar surface area (TPSA) is 92.3 Å². The lowest BCUT2D eigenvalue weighted by Crippen LogP contribution is -2.46. The molecule has 2 aliphatic heterocycles. The molecule has 1 N–H and O–H groups in total. The van der Waals surface area contributed by atoms with Crippen molar-refractivity contribution in [2.45, 2.75) is 36.2 Å². The smallest absolute Gasteiger partial charge is 0.241 e. The summed E-state index contributed by atoms with van der Waals surface area (Å²) in [7, 11) is -3.80. The molecule has 136 valence electrons. The van der Waals surface area contributed by atoms with Crippen LogP contribution < -0.4 is 4.72 Å². The predicted molar refractivity (Wildman–Crippen MR) is 95.0 cm³/mol. The number of carbonyl (C=O) groups is 1. The zero-order valence-corrected chi connectivity index (χ0v) is 15.4. The van der Waals surface area contributed by atoms with Gasteiger partial charge in [0.25, 0.3) is 0 Å². The fourth-order valence-corrected chi connectivity index (χ4v) is 5.04. The van der Waals surface area contributed by atoms with Gasteiger partial charge in [-0.25, -0.2) is 23.1 Å². The lowest BCUT2D eigenvalue weighted by Gasteiger charge is -2.35. The van der Waals surface area contributed by atoms with Crippen LogP contribution in [0.5, 0.6) is 0 Å². The third-order valence-corrected chi connectivity index (χ3v) is 6.56. The van der Waals surface area contributed by atoms with E-state index in [4.69, 9.17) is 11.6 Å². The number of amides is 1. The van der Waals surface area contributed by atoms with Crippen molar-refractivity contribution < 1.29 is 13.2 Å². The first-order valence-corrected chi connectivity index (χ1v) is 10.2. The van der Waals surface area contributed by atoms with Crippen molar-refractivity contribution >= 4 is 27.5 Å². The first kappa shape index (κ1) is 17.4. The maximum atomic E-state index is 12.7. The SMILES string of the molecule is O=C(CNS(=O)(=O)c1cccc(Cl)c1)N1C2CCC1c1cncnc1C2. The maximum Gasteiger partial charge on any atom is 0.241 e. The summed E-state index contributed by atoms with van der Waals surface area (Å²) in [5, 5.41) is 0.324. The molecule has 0 saturated carbocycles. The minimum absolute atomic E-state index is 0.0400. The molecule has 0 spiro atoms. The number of aromatic nitrogens is 2. The van der Waals surface area contributed by atoms with Gasteiger partial charge in [0.1, 0.15) is 6.33 Å². The summed E-state index contributed by atoms with van der Waals surface area (Å²) >= 11 is 5.85. The Morgan fingerprint density at radius 3 is 3.00 bits per heavy atom. The van der Waals surface area contributed by atoms with Crippen molar-refractivity contribution in [2.75, 3.05) is 6.54 Å². The summed E-state index contributed by atoms with van der Waals surface area (Å²) in [4.78, 5) is 23.0. The number of nitrogens with zero attached hydrogens (tertiary/aromatic N) is 3. The number of hydrogen-bond acceptors (Lipinski definition) is 5. The lowest BCUT2D eigenvalue weighted by atomic mass is 9.99. The van der Waals surface area contributed by atoms with Crippen LogP contribution in [-0.4, -0.2) is 41.8 Å². The second-order valence-electron chi connectivity index (χ2n) is 6.46. The second kappa shape index (κ2) is 6.61. The van der Waals surface area contributed by atoms with E-state index in [-0.39, 0.29) is 29.4 Å². The molecule has 9 heteroatoms. The molecular formula is C17H17ClN4O3S. The lowest BCUT2D eigenvalue weighted by molar-refractivity contribution is -0.133. The molecule has 2 aliphatic rings. The van der Waals surface area contributed by atoms with Gasteiger partial charge < -0.3 is 4.90 Å². The van der Waals surface area contributed by atoms with Crippen LogP contribution in [-0.2, 0) is 21.2 Å². The van der Waals surface area contributed by atoms with E-state index in [0.717, 1.165) is 24.1 Å². The number of fused-ring (bicyclic) bond motifs is 4. The van der Waals surface area contributed by atoms with Crippen molar-refractivity contribution in [1.82, 2.24) is 19.6 Å². The van der Waals surface area contributed by atoms with Gasteiger partial charge in [-0.05, 0) is 31.0 Å². The van der Waals surface area contributed by atoms with Gasteiger partial charge in [0.15, 0.2) is 0 Å². The van der Waals surface area contributed by atoms with Crippen LogP contribution in [0.1, 0.15) is 30.1 Å². The monoisotopic (exact) mass is 392 g/mol. The van der Waals surface area contributed by atoms with Crippen molar-refractivity contribution in [3.05, 3.63) is 53.1 Å². The van der Waals surface area contributed by atoms with E-state index in [9.17, 15) is 13.2 Å². The normalized spacial score (nSPS) is 21.5. The summed E-state index contributed by atoms with van der Waals surface area (Å²) in [5.41, 5.74) is 1.95. The Kier molecular flexibility index (Phi) is 4.42. The van der Waals surface area contributed by atoms with Gasteiger partial charge in [0, 0.05) is 29.2 Å². The van der Waals surface area contributed by atoms with Crippen molar-refractivity contribution in [3.8, 4) is 0 Å². The summed E-state index contributed by atoms with van der Waals surface area (Å²) in [5.74, 6) is -0.238. The molecule has 1 fully saturated rings. The Balaban J connectivity index is 1.50. The number of halogens is 1. The van der Waals surface area contributed by atoms with Crippen LogP contribution >= 0.6 is 11.6 Å². The van der Waals surface area contributed by atoms with E-state index in [0.29, 0.717) is 11.4 Å². The van der Waals surface area contributed by atoms with Gasteiger partial charge in [-0.1, -0.05) is 17.7 Å². The third-order valence-electron chi connectivity index (χ3n) is 4.93. The highest BCUT2D eigenvalue weighted by Crippen LogP contribution is 2.42. The predicted octanol–water partition coefficient (Wildman–Crippen LogP) is 1.70. The van der Waals surface area contributed by atoms with Gasteiger partial charge in [-0.3, -0.25) is 4.79 Å². The Bertz CT molecular complexity index is 966. The molecule has 1 aromatic carbocycles. The minimum atomic E-state index is -3.80. The number of rotatable bonds is 4. The van der Waals surface area contributed by atoms with E-state index < -0.39 is 10.0 Å². The molecule has 2 unspecified atom stereocenters. The standard InChI is InChI=1S/C17H17ClN4O3S/c18-11-2-1-3-13(6-11)26(24,25)21-9-17(23)22-12-4-5-16(22)14-8-19-10-20-15(14)7-12/h1-3,6,8,10,12,16,21H,4-5,7,9H2. The molecule has 2 aromatic rings. The summed E-state index contributed by atoms with van der Waals surface area (Å²) < 4.78 is 27.2. The Labute approximate surface area is 156 Å². The van der Waals surface area contributed by atoms with Crippen molar-refractivity contribution in [2.24, 2.45) is 0 Å². The second-order valence-corrected chi connectivity index (χ2v) is 8.66. The minimum Gasteiger partial charge on any atom is -0.331 e. The first-order valence-electron chi connectivity index (χ1n) is 8.31. The zero-order valence-electron chi connectivity index (χ0n) is 13.8. The third kappa shape index (κ3) is 3.08. The van der Waals surface area contributed by atoms with E-state index in [1.54, 1.807) is 23.2 Å². The molecule has 7 nitrogen and oxygen atoms in total. The molecule has 1 amide bonds. The molecule has 0 aliphatic carbocycles. The van der Waals surface area contributed by atoms with Crippen LogP contribution in [0.2, 0.25) is 5.02 Å². The molecule has 3 heterocycles. The number of benzene rings is 1. The van der Waals surface area contributed by atoms with Crippen LogP contribution in [0.25, 0.3) is 0 Å². The number of sulfonamides is 1. The number of nitrogens with one attached hydrogen (secondary N) is 1. The van der Waals surface area contributed by atoms with Gasteiger partial charge in [-0.2, -0.15) is 0 Å². The largest absolute Gasteiger partial charge is 0.331 e. The highest BCUT2D eigenvalue weighted by atomic mass is 35.5. The molecule has 1 saturated heterocycles. The molecular weight excluding hydrogens is 376 g/mol. The fourth-order valence-electron chi connectivity index (χ4n) is 3.77. The van der Waals surface area contributed by atoms with E-state index >= 15 is 0 Å². The molecule has 4 rings (SSSR count). The Morgan fingerprint density at radius 2 is 2.19 bits per heavy atom. The van der Waals surface area contributed by atoms with Gasteiger partial charge >= 0.3 is 0 Å². The first-order chi connectivity index (χ1) is 12.5. The highest BCUT2D eigenvalue weighted by Gasteiger charge is 2.43. The van der Waals surface area contributed by atoms with Crippen molar-refractivity contribution in [1.29, 1.82) is 0 Å². The number of carbonyl (C=O) groups excluding carboxylic acids is 1. The zero-order chi connectivity index (χ0) is 18.3. The summed E-state index contributed by atoms with van der Waals surface area (Å²) in [6, 6.07) is 5.93. The molecule has 0 radical (unpaired) electrons. The summed E-state index contributed by atoms with van der Waals surface area (Å²) in [6.07, 6.45) is 5.69. The maximum absolute atomic E-state index is 12.7. The summed E-state index contributed by atoms with van der Waals surface area (Å²) in [6.45, 7) is -0.287. The van der Waals surface area contributed by atoms with Crippen LogP contribution in [0.3, 0.4) is 0 Å². The van der Waals surface area contributed by atoms with E-state index in [1.165, 1.54) is 18.5 Å². The van der Waals surface area contributed by atoms with Crippen LogP contribution in [0, 0.1) is 0 Å². The fraction of sp³-hybridized carbons (Fsp3) is 0.353. The Morgan fingerprint density at radius 1 is 1.35 bits per heavy atom. The van der Waals surface area contributed by atoms with E-state index in [2.05, 4.69) is 14.7 Å². The van der Waals surface area contributed by atoms with Crippen molar-refractivity contribution in [3.63, 3.8) is 0 Å². The van der Waals surface area contributed by atoms with Gasteiger partial charge in [0.2, 0.25) is 15.9 Å². The Hall–Kier alpha value is -2.03. The average Bonchev–Trinajstić information content (AvgIpc) is 2.95. The highest BCUT2D eigenvalue weighted by molar-refractivity contribution is 7.89. The van der Waals surface area contributed by atoms with Gasteiger partial charge in [0.05, 0.1) is 23.2 Å². The molecule has 2 atom stereocenters. The van der Waals surface area contributed by atoms with Gasteiger partial charge in [-0.15, -0.1) is 0 Å². The quantitative estimate of drug-likeness (QED) is 0.854. The molecule has 26 heavy (non-hydrogen) atoms. The molecule has 1 aromatic heterocycles.